The zero-order chi connectivity index (χ0) is 18.0. The number of aromatic hydroxyl groups is 1. The van der Waals surface area contributed by atoms with Crippen LogP contribution >= 0.6 is 11.8 Å². The van der Waals surface area contributed by atoms with Crippen molar-refractivity contribution in [2.45, 2.75) is 6.92 Å². The van der Waals surface area contributed by atoms with Crippen LogP contribution in [-0.2, 0) is 4.79 Å². The first kappa shape index (κ1) is 16.7. The van der Waals surface area contributed by atoms with E-state index in [1.807, 2.05) is 0 Å². The number of carbonyl (C=O) groups is 1. The number of thioether (sulfide) groups is 1. The van der Waals surface area contributed by atoms with Crippen LogP contribution < -0.4 is 5.32 Å². The number of hydrogen-bond acceptors (Lipinski definition) is 6. The number of rotatable bonds is 3. The molecule has 25 heavy (non-hydrogen) atoms. The number of aryl methyl sites for hydroxylation is 1. The van der Waals surface area contributed by atoms with Gasteiger partial charge in [-0.3, -0.25) is 14.9 Å². The fourth-order valence-electron chi connectivity index (χ4n) is 2.22. The minimum absolute atomic E-state index is 0.00954. The van der Waals surface area contributed by atoms with Crippen molar-refractivity contribution in [3.05, 3.63) is 68.6 Å². The quantitative estimate of drug-likeness (QED) is 0.498. The molecule has 1 amide bonds. The van der Waals surface area contributed by atoms with Crippen molar-refractivity contribution in [2.24, 2.45) is 4.99 Å². The maximum absolute atomic E-state index is 12.1. The molecule has 0 spiro atoms. The number of amidine groups is 1. The molecular formula is C17H13N3O4S. The second-order valence-corrected chi connectivity index (χ2v) is 6.30. The number of carbonyl (C=O) groups excluding carboxylic acids is 1. The molecule has 1 fully saturated rings. The second kappa shape index (κ2) is 6.78. The van der Waals surface area contributed by atoms with Gasteiger partial charge in [-0.1, -0.05) is 18.2 Å². The fraction of sp³-hybridized carbons (Fsp3) is 0.0588. The van der Waals surface area contributed by atoms with E-state index in [2.05, 4.69) is 10.3 Å². The van der Waals surface area contributed by atoms with E-state index < -0.39 is 4.92 Å². The van der Waals surface area contributed by atoms with Gasteiger partial charge in [0.05, 0.1) is 15.5 Å². The van der Waals surface area contributed by atoms with Crippen LogP contribution in [0.15, 0.2) is 52.4 Å². The first-order valence-electron chi connectivity index (χ1n) is 7.26. The van der Waals surface area contributed by atoms with Gasteiger partial charge in [0.2, 0.25) is 0 Å². The van der Waals surface area contributed by atoms with Crippen molar-refractivity contribution in [1.29, 1.82) is 0 Å². The summed E-state index contributed by atoms with van der Waals surface area (Å²) in [7, 11) is 0. The van der Waals surface area contributed by atoms with Gasteiger partial charge in [-0.2, -0.15) is 0 Å². The number of nitro groups is 1. The third kappa shape index (κ3) is 3.69. The molecule has 8 heteroatoms. The van der Waals surface area contributed by atoms with E-state index in [-0.39, 0.29) is 17.3 Å². The Morgan fingerprint density at radius 1 is 1.28 bits per heavy atom. The largest absolute Gasteiger partial charge is 0.507 e. The Morgan fingerprint density at radius 2 is 2.04 bits per heavy atom. The highest BCUT2D eigenvalue weighted by Crippen LogP contribution is 2.31. The number of benzene rings is 2. The van der Waals surface area contributed by atoms with E-state index in [0.29, 0.717) is 26.9 Å². The molecule has 0 saturated carbocycles. The maximum atomic E-state index is 12.1. The van der Waals surface area contributed by atoms with Gasteiger partial charge < -0.3 is 10.4 Å². The van der Waals surface area contributed by atoms with Crippen molar-refractivity contribution >= 4 is 40.3 Å². The SMILES string of the molecule is Cc1cc([N+](=O)[O-])ccc1N=C1NC(=O)/C(=C\c2ccccc2O)S1. The predicted molar refractivity (Wildman–Crippen MR) is 96.7 cm³/mol. The standard InChI is InChI=1S/C17H13N3O4S/c1-10-8-12(20(23)24)6-7-13(10)18-17-19-16(22)15(25-17)9-11-4-2-3-5-14(11)21/h2-9,21H,1H3,(H,18,19,22)/b15-9+. The normalized spacial score (nSPS) is 17.1. The van der Waals surface area contributed by atoms with E-state index >= 15 is 0 Å². The van der Waals surface area contributed by atoms with Gasteiger partial charge >= 0.3 is 0 Å². The van der Waals surface area contributed by atoms with Crippen LogP contribution in [-0.4, -0.2) is 21.1 Å². The van der Waals surface area contributed by atoms with Crippen LogP contribution in [0.4, 0.5) is 11.4 Å². The Kier molecular flexibility index (Phi) is 4.53. The summed E-state index contributed by atoms with van der Waals surface area (Å²) in [5.74, 6) is -0.230. The number of phenols is 1. The zero-order valence-corrected chi connectivity index (χ0v) is 13.9. The molecule has 1 saturated heterocycles. The Morgan fingerprint density at radius 3 is 2.72 bits per heavy atom. The lowest BCUT2D eigenvalue weighted by atomic mass is 10.2. The molecule has 3 rings (SSSR count). The van der Waals surface area contributed by atoms with Crippen molar-refractivity contribution < 1.29 is 14.8 Å². The number of nitro benzene ring substituents is 1. The van der Waals surface area contributed by atoms with E-state index in [0.717, 1.165) is 11.8 Å². The van der Waals surface area contributed by atoms with Crippen LogP contribution in [0, 0.1) is 17.0 Å². The fourth-order valence-corrected chi connectivity index (χ4v) is 3.05. The maximum Gasteiger partial charge on any atom is 0.269 e. The summed E-state index contributed by atoms with van der Waals surface area (Å²) < 4.78 is 0. The highest BCUT2D eigenvalue weighted by atomic mass is 32.2. The number of phenolic OH excluding ortho intramolecular Hbond substituents is 1. The molecular weight excluding hydrogens is 342 g/mol. The number of non-ortho nitro benzene ring substituents is 1. The molecule has 0 aromatic heterocycles. The number of aliphatic imine (C=N–C) groups is 1. The molecule has 1 aliphatic heterocycles. The van der Waals surface area contributed by atoms with Gasteiger partial charge in [-0.15, -0.1) is 0 Å². The van der Waals surface area contributed by atoms with E-state index in [1.165, 1.54) is 18.2 Å². The van der Waals surface area contributed by atoms with E-state index in [9.17, 15) is 20.0 Å². The second-order valence-electron chi connectivity index (χ2n) is 5.27. The third-order valence-electron chi connectivity index (χ3n) is 3.49. The summed E-state index contributed by atoms with van der Waals surface area (Å²) in [5.41, 5.74) is 1.70. The van der Waals surface area contributed by atoms with Gasteiger partial charge in [-0.25, -0.2) is 4.99 Å². The summed E-state index contributed by atoms with van der Waals surface area (Å²) >= 11 is 1.14. The molecule has 7 nitrogen and oxygen atoms in total. The third-order valence-corrected chi connectivity index (χ3v) is 4.40. The van der Waals surface area contributed by atoms with E-state index in [4.69, 9.17) is 0 Å². The van der Waals surface area contributed by atoms with Gasteiger partial charge in [0.25, 0.3) is 11.6 Å². The van der Waals surface area contributed by atoms with E-state index in [1.54, 1.807) is 37.3 Å². The summed E-state index contributed by atoms with van der Waals surface area (Å²) in [6.07, 6.45) is 1.58. The number of nitrogens with one attached hydrogen (secondary N) is 1. The summed E-state index contributed by atoms with van der Waals surface area (Å²) in [6.45, 7) is 1.71. The van der Waals surface area contributed by atoms with Crippen LogP contribution in [0.3, 0.4) is 0 Å². The lowest BCUT2D eigenvalue weighted by Gasteiger charge is -2.01. The Hall–Kier alpha value is -3.13. The molecule has 1 aliphatic rings. The molecule has 0 unspecified atom stereocenters. The molecule has 0 aliphatic carbocycles. The molecule has 0 atom stereocenters. The number of hydrogen-bond donors (Lipinski definition) is 2. The average Bonchev–Trinajstić information content (AvgIpc) is 2.91. The number of para-hydroxylation sites is 1. The van der Waals surface area contributed by atoms with Crippen molar-refractivity contribution in [3.63, 3.8) is 0 Å². The van der Waals surface area contributed by atoms with Crippen molar-refractivity contribution in [1.82, 2.24) is 5.32 Å². The Balaban J connectivity index is 1.86. The van der Waals surface area contributed by atoms with Crippen LogP contribution in [0.2, 0.25) is 0 Å². The van der Waals surface area contributed by atoms with Crippen molar-refractivity contribution in [3.8, 4) is 5.75 Å². The smallest absolute Gasteiger partial charge is 0.269 e. The lowest BCUT2D eigenvalue weighted by molar-refractivity contribution is -0.384. The van der Waals surface area contributed by atoms with Gasteiger partial charge in [0.15, 0.2) is 5.17 Å². The lowest BCUT2D eigenvalue weighted by Crippen LogP contribution is -2.19. The molecule has 2 aromatic carbocycles. The molecule has 2 N–H and O–H groups in total. The zero-order valence-electron chi connectivity index (χ0n) is 13.1. The molecule has 0 radical (unpaired) electrons. The Bertz CT molecular complexity index is 937. The van der Waals surface area contributed by atoms with Crippen LogP contribution in [0.5, 0.6) is 5.75 Å². The van der Waals surface area contributed by atoms with Crippen molar-refractivity contribution in [2.75, 3.05) is 0 Å². The number of nitrogens with zero attached hydrogens (tertiary/aromatic N) is 2. The average molecular weight is 355 g/mol. The molecule has 1 heterocycles. The summed E-state index contributed by atoms with van der Waals surface area (Å²) in [5, 5.41) is 23.6. The summed E-state index contributed by atoms with van der Waals surface area (Å²) in [6, 6.07) is 11.0. The Labute approximate surface area is 147 Å². The van der Waals surface area contributed by atoms with Gasteiger partial charge in [0, 0.05) is 17.7 Å². The topological polar surface area (TPSA) is 105 Å². The first-order chi connectivity index (χ1) is 11.9. The minimum Gasteiger partial charge on any atom is -0.507 e. The van der Waals surface area contributed by atoms with Gasteiger partial charge in [0.1, 0.15) is 5.75 Å². The molecule has 126 valence electrons. The monoisotopic (exact) mass is 355 g/mol. The highest BCUT2D eigenvalue weighted by molar-refractivity contribution is 8.18. The summed E-state index contributed by atoms with van der Waals surface area (Å²) in [4.78, 5) is 27.1. The van der Waals surface area contributed by atoms with Crippen LogP contribution in [0.1, 0.15) is 11.1 Å². The first-order valence-corrected chi connectivity index (χ1v) is 8.08. The number of amides is 1. The highest BCUT2D eigenvalue weighted by Gasteiger charge is 2.24. The van der Waals surface area contributed by atoms with Gasteiger partial charge in [-0.05, 0) is 42.5 Å². The predicted octanol–water partition coefficient (Wildman–Crippen LogP) is 3.50. The molecule has 0 bridgehead atoms. The van der Waals surface area contributed by atoms with Crippen LogP contribution in [0.25, 0.3) is 6.08 Å². The minimum atomic E-state index is -0.469. The molecule has 2 aromatic rings.